The number of ether oxygens (including phenoxy) is 3. The Morgan fingerprint density at radius 2 is 1.72 bits per heavy atom. The van der Waals surface area contributed by atoms with Crippen molar-refractivity contribution in [1.29, 1.82) is 0 Å². The molecule has 0 amide bonds. The van der Waals surface area contributed by atoms with Crippen molar-refractivity contribution in [2.75, 3.05) is 34.0 Å². The van der Waals surface area contributed by atoms with Crippen LogP contribution in [0, 0.1) is 5.92 Å². The summed E-state index contributed by atoms with van der Waals surface area (Å²) in [4.78, 5) is 2.28. The van der Waals surface area contributed by atoms with Crippen molar-refractivity contribution in [2.24, 2.45) is 5.92 Å². The van der Waals surface area contributed by atoms with Crippen LogP contribution in [0.5, 0.6) is 11.5 Å². The monoisotopic (exact) mass is 353 g/mol. The van der Waals surface area contributed by atoms with Crippen molar-refractivity contribution in [3.05, 3.63) is 23.8 Å². The van der Waals surface area contributed by atoms with Gasteiger partial charge in [-0.15, -0.1) is 0 Å². The lowest BCUT2D eigenvalue weighted by Crippen LogP contribution is -2.40. The summed E-state index contributed by atoms with van der Waals surface area (Å²) < 4.78 is 16.3. The number of hydrogen-bond donors (Lipinski definition) is 1. The van der Waals surface area contributed by atoms with Gasteiger partial charge in [-0.05, 0) is 37.0 Å². The van der Waals surface area contributed by atoms with Crippen molar-refractivity contribution in [2.45, 2.75) is 52.8 Å². The van der Waals surface area contributed by atoms with E-state index in [2.05, 4.69) is 32.6 Å². The largest absolute Gasteiger partial charge is 0.493 e. The summed E-state index contributed by atoms with van der Waals surface area (Å²) in [6.45, 7) is 10.9. The van der Waals surface area contributed by atoms with E-state index in [1.807, 2.05) is 18.2 Å². The third kappa shape index (κ3) is 7.63. The predicted octanol–water partition coefficient (Wildman–Crippen LogP) is 3.34. The Balaban J connectivity index is 2.72. The SMILES string of the molecule is CC[C@@H](C)N(Cc1ccc(OC)c(OC)c1)C[C@H](O)COCC(C)C. The number of hydrogen-bond acceptors (Lipinski definition) is 5. The van der Waals surface area contributed by atoms with Crippen LogP contribution < -0.4 is 9.47 Å². The molecule has 1 rings (SSSR count). The summed E-state index contributed by atoms with van der Waals surface area (Å²) in [5.41, 5.74) is 1.13. The molecular formula is C20H35NO4. The minimum Gasteiger partial charge on any atom is -0.493 e. The van der Waals surface area contributed by atoms with Gasteiger partial charge in [-0.25, -0.2) is 0 Å². The molecule has 0 aliphatic carbocycles. The lowest BCUT2D eigenvalue weighted by Gasteiger charge is -2.30. The lowest BCUT2D eigenvalue weighted by molar-refractivity contribution is 0.000111. The molecule has 0 fully saturated rings. The third-order valence-corrected chi connectivity index (χ3v) is 4.25. The van der Waals surface area contributed by atoms with Gasteiger partial charge in [0.25, 0.3) is 0 Å². The van der Waals surface area contributed by atoms with Gasteiger partial charge in [0, 0.05) is 25.7 Å². The van der Waals surface area contributed by atoms with Gasteiger partial charge in [-0.3, -0.25) is 4.90 Å². The molecule has 5 heteroatoms. The highest BCUT2D eigenvalue weighted by molar-refractivity contribution is 5.42. The minimum absolute atomic E-state index is 0.368. The van der Waals surface area contributed by atoms with E-state index in [-0.39, 0.29) is 0 Å². The number of rotatable bonds is 12. The molecule has 0 saturated heterocycles. The van der Waals surface area contributed by atoms with Crippen LogP contribution in [0.3, 0.4) is 0 Å². The Morgan fingerprint density at radius 3 is 2.28 bits per heavy atom. The molecule has 0 unspecified atom stereocenters. The summed E-state index contributed by atoms with van der Waals surface area (Å²) in [5.74, 6) is 1.93. The van der Waals surface area contributed by atoms with E-state index >= 15 is 0 Å². The van der Waals surface area contributed by atoms with Gasteiger partial charge in [0.05, 0.1) is 26.9 Å². The molecule has 0 aliphatic heterocycles. The standard InChI is InChI=1S/C20H35NO4/c1-7-16(4)21(12-18(22)14-25-13-15(2)3)11-17-8-9-19(23-5)20(10-17)24-6/h8-10,15-16,18,22H,7,11-14H2,1-6H3/t16-,18+/m1/s1. The second kappa shape index (κ2) is 11.3. The second-order valence-corrected chi connectivity index (χ2v) is 6.96. The van der Waals surface area contributed by atoms with E-state index in [4.69, 9.17) is 14.2 Å². The van der Waals surface area contributed by atoms with E-state index in [9.17, 15) is 5.11 Å². The Labute approximate surface area is 152 Å². The van der Waals surface area contributed by atoms with Crippen LogP contribution in [0.25, 0.3) is 0 Å². The van der Waals surface area contributed by atoms with Gasteiger partial charge in [0.2, 0.25) is 0 Å². The molecule has 0 saturated carbocycles. The fraction of sp³-hybridized carbons (Fsp3) is 0.700. The normalized spacial score (nSPS) is 14.0. The van der Waals surface area contributed by atoms with E-state index in [0.29, 0.717) is 31.7 Å². The van der Waals surface area contributed by atoms with E-state index in [1.165, 1.54) is 0 Å². The highest BCUT2D eigenvalue weighted by Gasteiger charge is 2.18. The molecule has 25 heavy (non-hydrogen) atoms. The second-order valence-electron chi connectivity index (χ2n) is 6.96. The third-order valence-electron chi connectivity index (χ3n) is 4.25. The van der Waals surface area contributed by atoms with E-state index < -0.39 is 6.10 Å². The van der Waals surface area contributed by atoms with Crippen molar-refractivity contribution >= 4 is 0 Å². The summed E-state index contributed by atoms with van der Waals surface area (Å²) in [5, 5.41) is 10.3. The topological polar surface area (TPSA) is 51.2 Å². The molecule has 1 aromatic carbocycles. The van der Waals surface area contributed by atoms with Crippen LogP contribution in [0.2, 0.25) is 0 Å². The van der Waals surface area contributed by atoms with Crippen molar-refractivity contribution in [1.82, 2.24) is 4.90 Å². The first kappa shape index (κ1) is 21.7. The first-order valence-corrected chi connectivity index (χ1v) is 9.11. The summed E-state index contributed by atoms with van der Waals surface area (Å²) in [6.07, 6.45) is 0.528. The molecule has 0 heterocycles. The summed E-state index contributed by atoms with van der Waals surface area (Å²) in [7, 11) is 3.28. The zero-order valence-electron chi connectivity index (χ0n) is 16.6. The lowest BCUT2D eigenvalue weighted by atomic mass is 10.1. The van der Waals surface area contributed by atoms with Gasteiger partial charge < -0.3 is 19.3 Å². The molecule has 144 valence electrons. The summed E-state index contributed by atoms with van der Waals surface area (Å²) >= 11 is 0. The van der Waals surface area contributed by atoms with Crippen LogP contribution >= 0.6 is 0 Å². The zero-order chi connectivity index (χ0) is 18.8. The fourth-order valence-electron chi connectivity index (χ4n) is 2.64. The highest BCUT2D eigenvalue weighted by atomic mass is 16.5. The summed E-state index contributed by atoms with van der Waals surface area (Å²) in [6, 6.07) is 6.33. The van der Waals surface area contributed by atoms with Crippen molar-refractivity contribution in [3.8, 4) is 11.5 Å². The number of aliphatic hydroxyl groups excluding tert-OH is 1. The average molecular weight is 354 g/mol. The molecule has 5 nitrogen and oxygen atoms in total. The number of methoxy groups -OCH3 is 2. The molecular weight excluding hydrogens is 318 g/mol. The van der Waals surface area contributed by atoms with Gasteiger partial charge in [0.15, 0.2) is 11.5 Å². The Morgan fingerprint density at radius 1 is 1.04 bits per heavy atom. The van der Waals surface area contributed by atoms with Gasteiger partial charge in [-0.2, -0.15) is 0 Å². The molecule has 0 spiro atoms. The van der Waals surface area contributed by atoms with Crippen LogP contribution in [0.1, 0.15) is 39.7 Å². The van der Waals surface area contributed by atoms with E-state index in [0.717, 1.165) is 30.0 Å². The maximum absolute atomic E-state index is 10.3. The zero-order valence-corrected chi connectivity index (χ0v) is 16.6. The van der Waals surface area contributed by atoms with Crippen LogP contribution in [-0.4, -0.2) is 56.1 Å². The van der Waals surface area contributed by atoms with Gasteiger partial charge in [0.1, 0.15) is 0 Å². The Hall–Kier alpha value is -1.30. The Kier molecular flexibility index (Phi) is 9.86. The maximum Gasteiger partial charge on any atom is 0.161 e. The maximum atomic E-state index is 10.3. The van der Waals surface area contributed by atoms with Crippen LogP contribution in [0.4, 0.5) is 0 Å². The first-order valence-electron chi connectivity index (χ1n) is 9.11. The fourth-order valence-corrected chi connectivity index (χ4v) is 2.64. The van der Waals surface area contributed by atoms with Crippen LogP contribution in [0.15, 0.2) is 18.2 Å². The van der Waals surface area contributed by atoms with Gasteiger partial charge >= 0.3 is 0 Å². The van der Waals surface area contributed by atoms with Gasteiger partial charge in [-0.1, -0.05) is 26.8 Å². The number of aliphatic hydroxyl groups is 1. The average Bonchev–Trinajstić information content (AvgIpc) is 2.59. The van der Waals surface area contributed by atoms with E-state index in [1.54, 1.807) is 14.2 Å². The number of benzene rings is 1. The number of nitrogens with zero attached hydrogens (tertiary/aromatic N) is 1. The molecule has 0 aromatic heterocycles. The molecule has 0 aliphatic rings. The Bertz CT molecular complexity index is 493. The van der Waals surface area contributed by atoms with Crippen molar-refractivity contribution in [3.63, 3.8) is 0 Å². The smallest absolute Gasteiger partial charge is 0.161 e. The molecule has 0 bridgehead atoms. The minimum atomic E-state index is -0.493. The predicted molar refractivity (Wildman–Crippen MR) is 101 cm³/mol. The molecule has 2 atom stereocenters. The molecule has 1 aromatic rings. The molecule has 1 N–H and O–H groups in total. The molecule has 0 radical (unpaired) electrons. The highest BCUT2D eigenvalue weighted by Crippen LogP contribution is 2.28. The quantitative estimate of drug-likeness (QED) is 0.625. The van der Waals surface area contributed by atoms with Crippen LogP contribution in [-0.2, 0) is 11.3 Å². The first-order chi connectivity index (χ1) is 11.9. The van der Waals surface area contributed by atoms with Crippen molar-refractivity contribution < 1.29 is 19.3 Å².